The van der Waals surface area contributed by atoms with Crippen LogP contribution in [0.5, 0.6) is 0 Å². The van der Waals surface area contributed by atoms with Gasteiger partial charge in [0.25, 0.3) is 5.91 Å². The topological polar surface area (TPSA) is 39.3 Å². The molecule has 0 spiro atoms. The Morgan fingerprint density at radius 2 is 1.58 bits per heavy atom. The molecule has 0 aliphatic carbocycles. The average molecular weight is 410 g/mol. The number of hydrogen-bond donors (Lipinski definition) is 1. The first kappa shape index (κ1) is 19.6. The summed E-state index contributed by atoms with van der Waals surface area (Å²) < 4.78 is 0. The zero-order valence-corrected chi connectivity index (χ0v) is 17.6. The summed E-state index contributed by atoms with van der Waals surface area (Å²) in [6.45, 7) is 3.41. The van der Waals surface area contributed by atoms with Crippen LogP contribution in [0, 0.1) is 0 Å². The van der Waals surface area contributed by atoms with Crippen molar-refractivity contribution in [2.45, 2.75) is 19.0 Å². The van der Waals surface area contributed by atoms with E-state index in [-0.39, 0.29) is 11.9 Å². The molecule has 0 saturated carbocycles. The number of amides is 1. The van der Waals surface area contributed by atoms with Gasteiger partial charge >= 0.3 is 0 Å². The number of para-hydroxylation sites is 1. The van der Waals surface area contributed by atoms with Gasteiger partial charge in [0.2, 0.25) is 0 Å². The van der Waals surface area contributed by atoms with Crippen LogP contribution in [-0.4, -0.2) is 46.4 Å². The number of aromatic amines is 1. The molecule has 1 atom stereocenters. The number of nitrogens with one attached hydrogen (secondary N) is 1. The summed E-state index contributed by atoms with van der Waals surface area (Å²) in [6.07, 6.45) is 2.94. The Hall–Kier alpha value is -3.37. The smallest absolute Gasteiger partial charge is 0.254 e. The molecule has 1 N–H and O–H groups in total. The van der Waals surface area contributed by atoms with Gasteiger partial charge in [0, 0.05) is 54.9 Å². The highest BCUT2D eigenvalue weighted by Gasteiger charge is 2.31. The summed E-state index contributed by atoms with van der Waals surface area (Å²) in [7, 11) is 0. The molecule has 156 valence electrons. The van der Waals surface area contributed by atoms with Crippen LogP contribution in [-0.2, 0) is 13.0 Å². The second kappa shape index (κ2) is 8.78. The lowest BCUT2D eigenvalue weighted by Crippen LogP contribution is -2.55. The van der Waals surface area contributed by atoms with Gasteiger partial charge in [-0.2, -0.15) is 0 Å². The fourth-order valence-electron chi connectivity index (χ4n) is 4.65. The summed E-state index contributed by atoms with van der Waals surface area (Å²) in [5.74, 6) is 0.129. The lowest BCUT2D eigenvalue weighted by atomic mass is 10.00. The van der Waals surface area contributed by atoms with E-state index in [1.165, 1.54) is 16.5 Å². The molecule has 1 saturated heterocycles. The maximum atomic E-state index is 13.4. The number of carbonyl (C=O) groups is 1. The second-order valence-corrected chi connectivity index (χ2v) is 8.30. The van der Waals surface area contributed by atoms with Crippen molar-refractivity contribution < 1.29 is 4.79 Å². The first-order valence-corrected chi connectivity index (χ1v) is 11.0. The number of fused-ring (bicyclic) bond motifs is 1. The van der Waals surface area contributed by atoms with Gasteiger partial charge in [-0.05, 0) is 35.7 Å². The van der Waals surface area contributed by atoms with Crippen LogP contribution >= 0.6 is 0 Å². The molecule has 1 aromatic heterocycles. The number of piperazine rings is 1. The summed E-state index contributed by atoms with van der Waals surface area (Å²) in [5, 5.41) is 1.25. The van der Waals surface area contributed by atoms with Crippen LogP contribution in [0.1, 0.15) is 21.5 Å². The van der Waals surface area contributed by atoms with E-state index in [4.69, 9.17) is 0 Å². The van der Waals surface area contributed by atoms with Gasteiger partial charge in [-0.1, -0.05) is 66.7 Å². The molecular formula is C27H27N3O. The highest BCUT2D eigenvalue weighted by Crippen LogP contribution is 2.24. The van der Waals surface area contributed by atoms with Crippen molar-refractivity contribution in [3.63, 3.8) is 0 Å². The molecule has 1 aliphatic rings. The van der Waals surface area contributed by atoms with E-state index in [1.807, 2.05) is 30.3 Å². The number of aromatic nitrogens is 1. The number of H-pyrrole nitrogens is 1. The molecular weight excluding hydrogens is 382 g/mol. The van der Waals surface area contributed by atoms with Crippen LogP contribution in [0.2, 0.25) is 0 Å². The van der Waals surface area contributed by atoms with E-state index in [0.717, 1.165) is 43.7 Å². The summed E-state index contributed by atoms with van der Waals surface area (Å²) in [5.41, 5.74) is 4.50. The zero-order valence-electron chi connectivity index (χ0n) is 17.6. The van der Waals surface area contributed by atoms with Gasteiger partial charge in [0.05, 0.1) is 0 Å². The lowest BCUT2D eigenvalue weighted by Gasteiger charge is -2.41. The molecule has 1 amide bonds. The lowest BCUT2D eigenvalue weighted by molar-refractivity contribution is 0.0439. The number of rotatable bonds is 5. The summed E-state index contributed by atoms with van der Waals surface area (Å²) in [4.78, 5) is 21.3. The highest BCUT2D eigenvalue weighted by atomic mass is 16.2. The van der Waals surface area contributed by atoms with Crippen LogP contribution in [0.4, 0.5) is 0 Å². The van der Waals surface area contributed by atoms with Gasteiger partial charge in [0.1, 0.15) is 0 Å². The zero-order chi connectivity index (χ0) is 21.0. The van der Waals surface area contributed by atoms with E-state index in [1.54, 1.807) is 0 Å². The number of benzene rings is 3. The van der Waals surface area contributed by atoms with Crippen LogP contribution in [0.15, 0.2) is 91.1 Å². The molecule has 0 radical (unpaired) electrons. The molecule has 4 aromatic rings. The quantitative estimate of drug-likeness (QED) is 0.517. The Balaban J connectivity index is 1.41. The van der Waals surface area contributed by atoms with Gasteiger partial charge < -0.3 is 9.88 Å². The molecule has 1 aliphatic heterocycles. The first-order valence-electron chi connectivity index (χ1n) is 11.0. The van der Waals surface area contributed by atoms with Crippen molar-refractivity contribution in [2.24, 2.45) is 0 Å². The van der Waals surface area contributed by atoms with Crippen molar-refractivity contribution in [1.29, 1.82) is 0 Å². The van der Waals surface area contributed by atoms with E-state index in [2.05, 4.69) is 75.6 Å². The fraction of sp³-hybridized carbons (Fsp3) is 0.222. The molecule has 2 heterocycles. The van der Waals surface area contributed by atoms with Crippen LogP contribution < -0.4 is 0 Å². The Kier molecular flexibility index (Phi) is 5.55. The Morgan fingerprint density at radius 3 is 2.39 bits per heavy atom. The Labute approximate surface area is 183 Å². The van der Waals surface area contributed by atoms with Gasteiger partial charge in [-0.25, -0.2) is 0 Å². The molecule has 1 unspecified atom stereocenters. The molecule has 31 heavy (non-hydrogen) atoms. The second-order valence-electron chi connectivity index (χ2n) is 8.30. The number of nitrogens with zero attached hydrogens (tertiary/aromatic N) is 2. The average Bonchev–Trinajstić information content (AvgIpc) is 3.23. The first-order chi connectivity index (χ1) is 15.3. The highest BCUT2D eigenvalue weighted by molar-refractivity contribution is 5.94. The normalized spacial score (nSPS) is 17.2. The minimum Gasteiger partial charge on any atom is -0.361 e. The van der Waals surface area contributed by atoms with Crippen molar-refractivity contribution >= 4 is 16.8 Å². The monoisotopic (exact) mass is 409 g/mol. The summed E-state index contributed by atoms with van der Waals surface area (Å²) >= 11 is 0. The van der Waals surface area contributed by atoms with Gasteiger partial charge in [-0.3, -0.25) is 9.69 Å². The molecule has 0 bridgehead atoms. The summed E-state index contributed by atoms with van der Waals surface area (Å²) in [6, 6.07) is 28.8. The maximum absolute atomic E-state index is 13.4. The van der Waals surface area contributed by atoms with Crippen molar-refractivity contribution in [3.8, 4) is 0 Å². The molecule has 1 fully saturated rings. The van der Waals surface area contributed by atoms with Crippen molar-refractivity contribution in [3.05, 3.63) is 108 Å². The van der Waals surface area contributed by atoms with E-state index < -0.39 is 0 Å². The standard InChI is InChI=1S/C27H27N3O/c31-27(22-11-5-2-6-12-22)30-16-15-29(19-21-9-3-1-4-10-21)20-24(30)17-23-18-28-26-14-8-7-13-25(23)26/h1-14,18,24,28H,15-17,19-20H2. The maximum Gasteiger partial charge on any atom is 0.254 e. The third-order valence-electron chi connectivity index (χ3n) is 6.23. The molecule has 5 rings (SSSR count). The third-order valence-corrected chi connectivity index (χ3v) is 6.23. The molecule has 4 nitrogen and oxygen atoms in total. The van der Waals surface area contributed by atoms with E-state index in [9.17, 15) is 4.79 Å². The van der Waals surface area contributed by atoms with Crippen molar-refractivity contribution in [2.75, 3.05) is 19.6 Å². The predicted molar refractivity (Wildman–Crippen MR) is 125 cm³/mol. The number of carbonyl (C=O) groups excluding carboxylic acids is 1. The largest absolute Gasteiger partial charge is 0.361 e. The third kappa shape index (κ3) is 4.25. The van der Waals surface area contributed by atoms with Crippen molar-refractivity contribution in [1.82, 2.24) is 14.8 Å². The fourth-order valence-corrected chi connectivity index (χ4v) is 4.65. The van der Waals surface area contributed by atoms with Crippen LogP contribution in [0.25, 0.3) is 10.9 Å². The van der Waals surface area contributed by atoms with Gasteiger partial charge in [0.15, 0.2) is 0 Å². The van der Waals surface area contributed by atoms with Gasteiger partial charge in [-0.15, -0.1) is 0 Å². The predicted octanol–water partition coefficient (Wildman–Crippen LogP) is 4.74. The Bertz CT molecular complexity index is 1150. The van der Waals surface area contributed by atoms with E-state index in [0.29, 0.717) is 0 Å². The number of hydrogen-bond acceptors (Lipinski definition) is 2. The minimum absolute atomic E-state index is 0.129. The van der Waals surface area contributed by atoms with Crippen LogP contribution in [0.3, 0.4) is 0 Å². The molecule has 3 aromatic carbocycles. The SMILES string of the molecule is O=C(c1ccccc1)N1CCN(Cc2ccccc2)CC1Cc1c[nH]c2ccccc12. The van der Waals surface area contributed by atoms with E-state index >= 15 is 0 Å². The minimum atomic E-state index is 0.129. The Morgan fingerprint density at radius 1 is 0.871 bits per heavy atom. The molecule has 4 heteroatoms.